The molecular formula is C22H40N2O. The molecule has 0 aliphatic heterocycles. The van der Waals surface area contributed by atoms with E-state index >= 15 is 0 Å². The molecule has 0 fully saturated rings. The Morgan fingerprint density at radius 1 is 0.800 bits per heavy atom. The Kier molecular flexibility index (Phi) is 16.5. The average molecular weight is 349 g/mol. The summed E-state index contributed by atoms with van der Waals surface area (Å²) in [5.74, 6) is 0. The maximum Gasteiger partial charge on any atom is 0.210 e. The van der Waals surface area contributed by atoms with Crippen LogP contribution in [0.2, 0.25) is 0 Å². The lowest BCUT2D eigenvalue weighted by Gasteiger charge is -2.19. The minimum absolute atomic E-state index is 0.727. The molecule has 0 radical (unpaired) electrons. The summed E-state index contributed by atoms with van der Waals surface area (Å²) in [6.07, 6.45) is 8.49. The van der Waals surface area contributed by atoms with Crippen molar-refractivity contribution in [3.05, 3.63) is 35.9 Å². The Morgan fingerprint density at radius 2 is 1.32 bits per heavy atom. The topological polar surface area (TPSA) is 23.6 Å². The van der Waals surface area contributed by atoms with E-state index in [2.05, 4.69) is 32.6 Å². The maximum absolute atomic E-state index is 10.7. The highest BCUT2D eigenvalue weighted by atomic mass is 16.1. The van der Waals surface area contributed by atoms with E-state index in [9.17, 15) is 4.79 Å². The number of carbonyl (C=O) groups is 1. The fraction of sp³-hybridized carbons (Fsp3) is 0.682. The van der Waals surface area contributed by atoms with Gasteiger partial charge in [-0.2, -0.15) is 0 Å². The van der Waals surface area contributed by atoms with Gasteiger partial charge in [0.1, 0.15) is 0 Å². The first-order chi connectivity index (χ1) is 12.2. The molecule has 1 aromatic rings. The van der Waals surface area contributed by atoms with Crippen molar-refractivity contribution in [1.82, 2.24) is 9.80 Å². The van der Waals surface area contributed by atoms with Crippen molar-refractivity contribution in [3.63, 3.8) is 0 Å². The minimum atomic E-state index is 0.727. The molecule has 0 saturated heterocycles. The second-order valence-electron chi connectivity index (χ2n) is 6.56. The summed E-state index contributed by atoms with van der Waals surface area (Å²) < 4.78 is 0. The Labute approximate surface area is 156 Å². The molecule has 0 N–H and O–H groups in total. The predicted molar refractivity (Wildman–Crippen MR) is 110 cm³/mol. The van der Waals surface area contributed by atoms with Gasteiger partial charge in [-0.25, -0.2) is 0 Å². The highest BCUT2D eigenvalue weighted by Crippen LogP contribution is 2.03. The van der Waals surface area contributed by atoms with Gasteiger partial charge in [0.15, 0.2) is 0 Å². The molecule has 0 aliphatic carbocycles. The van der Waals surface area contributed by atoms with E-state index < -0.39 is 0 Å². The number of hydrogen-bond acceptors (Lipinski definition) is 2. The third-order valence-electron chi connectivity index (χ3n) is 4.28. The summed E-state index contributed by atoms with van der Waals surface area (Å²) in [7, 11) is 0. The van der Waals surface area contributed by atoms with Crippen LogP contribution in [0.15, 0.2) is 30.3 Å². The van der Waals surface area contributed by atoms with Crippen LogP contribution in [0.3, 0.4) is 0 Å². The molecule has 0 bridgehead atoms. The van der Waals surface area contributed by atoms with E-state index in [1.54, 1.807) is 0 Å². The Balaban J connectivity index is 0.000000477. The Bertz CT molecular complexity index is 386. The lowest BCUT2D eigenvalue weighted by atomic mass is 10.2. The molecule has 0 heterocycles. The molecule has 1 amide bonds. The summed E-state index contributed by atoms with van der Waals surface area (Å²) in [4.78, 5) is 15.1. The number of unbranched alkanes of at least 4 members (excludes halogenated alkanes) is 3. The number of nitrogens with zero attached hydrogens (tertiary/aromatic N) is 2. The van der Waals surface area contributed by atoms with Crippen molar-refractivity contribution in [1.29, 1.82) is 0 Å². The molecule has 0 aromatic heterocycles. The van der Waals surface area contributed by atoms with Crippen molar-refractivity contribution >= 4 is 6.41 Å². The van der Waals surface area contributed by atoms with Gasteiger partial charge in [-0.1, -0.05) is 77.3 Å². The highest BCUT2D eigenvalue weighted by Gasteiger charge is 2.01. The van der Waals surface area contributed by atoms with Gasteiger partial charge in [0.05, 0.1) is 0 Å². The molecular weight excluding hydrogens is 308 g/mol. The largest absolute Gasteiger partial charge is 0.341 e. The van der Waals surface area contributed by atoms with E-state index in [4.69, 9.17) is 0 Å². The first kappa shape index (κ1) is 23.6. The number of hydrogen-bond donors (Lipinski definition) is 0. The zero-order valence-electron chi connectivity index (χ0n) is 17.0. The van der Waals surface area contributed by atoms with Gasteiger partial charge in [-0.15, -0.1) is 0 Å². The number of rotatable bonds is 13. The molecule has 0 atom stereocenters. The van der Waals surface area contributed by atoms with Crippen molar-refractivity contribution in [2.75, 3.05) is 26.2 Å². The Hall–Kier alpha value is -1.35. The molecule has 0 aliphatic rings. The SMILES string of the molecule is CCCCN(C=O)Cc1ccccc1.CCCCN(CC)CCCC. The van der Waals surface area contributed by atoms with Gasteiger partial charge in [-0.3, -0.25) is 4.79 Å². The van der Waals surface area contributed by atoms with Crippen molar-refractivity contribution in [2.45, 2.75) is 72.8 Å². The van der Waals surface area contributed by atoms with Gasteiger partial charge in [-0.05, 0) is 44.5 Å². The summed E-state index contributed by atoms with van der Waals surface area (Å²) in [5.41, 5.74) is 1.19. The molecule has 144 valence electrons. The van der Waals surface area contributed by atoms with Crippen LogP contribution in [-0.4, -0.2) is 42.4 Å². The molecule has 1 rings (SSSR count). The zero-order chi connectivity index (χ0) is 18.8. The highest BCUT2D eigenvalue weighted by molar-refractivity contribution is 5.47. The van der Waals surface area contributed by atoms with E-state index in [-0.39, 0.29) is 0 Å². The molecule has 25 heavy (non-hydrogen) atoms. The lowest BCUT2D eigenvalue weighted by Crippen LogP contribution is -2.25. The third-order valence-corrected chi connectivity index (χ3v) is 4.28. The van der Waals surface area contributed by atoms with Gasteiger partial charge < -0.3 is 9.80 Å². The fourth-order valence-electron chi connectivity index (χ4n) is 2.54. The molecule has 0 unspecified atom stereocenters. The van der Waals surface area contributed by atoms with Crippen LogP contribution >= 0.6 is 0 Å². The summed E-state index contributed by atoms with van der Waals surface area (Å²) >= 11 is 0. The second kappa shape index (κ2) is 17.5. The van der Waals surface area contributed by atoms with Crippen LogP contribution in [0.5, 0.6) is 0 Å². The maximum atomic E-state index is 10.7. The summed E-state index contributed by atoms with van der Waals surface area (Å²) in [6.45, 7) is 14.3. The number of amides is 1. The van der Waals surface area contributed by atoms with Gasteiger partial charge >= 0.3 is 0 Å². The first-order valence-corrected chi connectivity index (χ1v) is 10.2. The van der Waals surface area contributed by atoms with Crippen molar-refractivity contribution in [2.24, 2.45) is 0 Å². The second-order valence-corrected chi connectivity index (χ2v) is 6.56. The molecule has 3 heteroatoms. The molecule has 3 nitrogen and oxygen atoms in total. The molecule has 1 aromatic carbocycles. The van der Waals surface area contributed by atoms with Crippen LogP contribution in [0.4, 0.5) is 0 Å². The summed E-state index contributed by atoms with van der Waals surface area (Å²) in [6, 6.07) is 10.1. The van der Waals surface area contributed by atoms with Crippen molar-refractivity contribution < 1.29 is 4.79 Å². The number of carbonyl (C=O) groups excluding carboxylic acids is 1. The monoisotopic (exact) mass is 348 g/mol. The Morgan fingerprint density at radius 3 is 1.76 bits per heavy atom. The van der Waals surface area contributed by atoms with Crippen molar-refractivity contribution in [3.8, 4) is 0 Å². The average Bonchev–Trinajstić information content (AvgIpc) is 2.66. The molecule has 0 spiro atoms. The fourth-order valence-corrected chi connectivity index (χ4v) is 2.54. The standard InChI is InChI=1S/C12H17NO.C10H23N/c1-2-3-9-13(11-14)10-12-7-5-4-6-8-12;1-4-7-9-11(6-3)10-8-5-2/h4-8,11H,2-3,9-10H2,1H3;4-10H2,1-3H3. The van der Waals surface area contributed by atoms with E-state index in [1.165, 1.54) is 50.9 Å². The lowest BCUT2D eigenvalue weighted by molar-refractivity contribution is -0.118. The van der Waals surface area contributed by atoms with E-state index in [0.29, 0.717) is 0 Å². The van der Waals surface area contributed by atoms with Gasteiger partial charge in [0.2, 0.25) is 6.41 Å². The minimum Gasteiger partial charge on any atom is -0.341 e. The van der Waals surface area contributed by atoms with Crippen LogP contribution in [0.25, 0.3) is 0 Å². The van der Waals surface area contributed by atoms with Crippen LogP contribution in [-0.2, 0) is 11.3 Å². The third kappa shape index (κ3) is 13.6. The first-order valence-electron chi connectivity index (χ1n) is 10.2. The summed E-state index contributed by atoms with van der Waals surface area (Å²) in [5, 5.41) is 0. The normalized spacial score (nSPS) is 10.3. The predicted octanol–water partition coefficient (Wildman–Crippen LogP) is 5.35. The molecule has 0 saturated carbocycles. The van der Waals surface area contributed by atoms with E-state index in [0.717, 1.165) is 32.3 Å². The van der Waals surface area contributed by atoms with Gasteiger partial charge in [0, 0.05) is 13.1 Å². The van der Waals surface area contributed by atoms with Crippen LogP contribution < -0.4 is 0 Å². The van der Waals surface area contributed by atoms with Crippen LogP contribution in [0.1, 0.15) is 71.8 Å². The quantitative estimate of drug-likeness (QED) is 0.448. The smallest absolute Gasteiger partial charge is 0.210 e. The zero-order valence-corrected chi connectivity index (χ0v) is 17.0. The van der Waals surface area contributed by atoms with Gasteiger partial charge in [0.25, 0.3) is 0 Å². The van der Waals surface area contributed by atoms with E-state index in [1.807, 2.05) is 35.2 Å². The number of benzene rings is 1. The van der Waals surface area contributed by atoms with Crippen LogP contribution in [0, 0.1) is 0 Å².